The molecular weight excluding hydrogens is 204 g/mol. The van der Waals surface area contributed by atoms with Crippen molar-refractivity contribution < 1.29 is 14.1 Å². The molecule has 16 heavy (non-hydrogen) atoms. The van der Waals surface area contributed by atoms with Gasteiger partial charge in [-0.2, -0.15) is 0 Å². The molecule has 0 N–H and O–H groups in total. The lowest BCUT2D eigenvalue weighted by atomic mass is 10.3. The second kappa shape index (κ2) is 7.91. The number of nitrogens with zero attached hydrogens (tertiary/aromatic N) is 2. The highest BCUT2D eigenvalue weighted by Gasteiger charge is 2.08. The molecule has 0 aliphatic rings. The number of esters is 1. The molecule has 1 aromatic rings. The van der Waals surface area contributed by atoms with Crippen LogP contribution in [-0.4, -0.2) is 17.1 Å². The summed E-state index contributed by atoms with van der Waals surface area (Å²) in [5.74, 6) is -0.165. The van der Waals surface area contributed by atoms with Crippen LogP contribution >= 0.6 is 0 Å². The second-order valence-corrected chi connectivity index (χ2v) is 3.68. The molecule has 1 heterocycles. The maximum atomic E-state index is 11.3. The third-order valence-corrected chi connectivity index (χ3v) is 2.15. The van der Waals surface area contributed by atoms with Crippen molar-refractivity contribution in [3.8, 4) is 0 Å². The largest absolute Gasteiger partial charge is 0.463 e. The Kier molecular flexibility index (Phi) is 7.25. The van der Waals surface area contributed by atoms with Gasteiger partial charge in [0.1, 0.15) is 12.4 Å². The highest BCUT2D eigenvalue weighted by molar-refractivity contribution is 5.69. The Morgan fingerprint density at radius 2 is 2.19 bits per heavy atom. The Morgan fingerprint density at radius 1 is 1.44 bits per heavy atom. The van der Waals surface area contributed by atoms with E-state index in [0.717, 1.165) is 19.3 Å². The lowest BCUT2D eigenvalue weighted by Gasteiger charge is -2.01. The van der Waals surface area contributed by atoms with Crippen LogP contribution in [-0.2, 0) is 23.1 Å². The molecule has 4 heteroatoms. The molecule has 1 rings (SSSR count). The molecule has 1 aromatic heterocycles. The summed E-state index contributed by atoms with van der Waals surface area (Å²) in [6.07, 6.45) is 8.82. The van der Waals surface area contributed by atoms with Gasteiger partial charge in [-0.15, -0.1) is 0 Å². The third-order valence-electron chi connectivity index (χ3n) is 2.15. The first-order chi connectivity index (χ1) is 7.22. The first-order valence-corrected chi connectivity index (χ1v) is 5.39. The predicted molar refractivity (Wildman–Crippen MR) is 62.8 cm³/mol. The van der Waals surface area contributed by atoms with Gasteiger partial charge in [-0.05, 0) is 6.42 Å². The minimum absolute atomic E-state index is 0. The molecule has 92 valence electrons. The number of hydrogen-bond donors (Lipinski definition) is 0. The second-order valence-electron chi connectivity index (χ2n) is 3.68. The van der Waals surface area contributed by atoms with Crippen molar-refractivity contribution in [2.75, 3.05) is 6.61 Å². The van der Waals surface area contributed by atoms with Crippen LogP contribution in [0.4, 0.5) is 0 Å². The predicted octanol–water partition coefficient (Wildman–Crippen LogP) is 1.68. The summed E-state index contributed by atoms with van der Waals surface area (Å²) in [5.41, 5.74) is 0. The molecule has 4 nitrogen and oxygen atoms in total. The molecule has 0 aliphatic heterocycles. The summed E-state index contributed by atoms with van der Waals surface area (Å²) >= 11 is 0. The Balaban J connectivity index is 0.00000225. The van der Waals surface area contributed by atoms with Crippen molar-refractivity contribution >= 4 is 5.97 Å². The minimum Gasteiger partial charge on any atom is -0.463 e. The lowest BCUT2D eigenvalue weighted by Crippen LogP contribution is -2.24. The Bertz CT molecular complexity index is 308. The molecule has 0 amide bonds. The van der Waals surface area contributed by atoms with Crippen LogP contribution in [0.25, 0.3) is 0 Å². The molecule has 0 aliphatic carbocycles. The van der Waals surface area contributed by atoms with Crippen molar-refractivity contribution in [3.63, 3.8) is 0 Å². The van der Waals surface area contributed by atoms with Gasteiger partial charge in [0.25, 0.3) is 0 Å². The van der Waals surface area contributed by atoms with E-state index in [9.17, 15) is 4.79 Å². The minimum atomic E-state index is -0.165. The summed E-state index contributed by atoms with van der Waals surface area (Å²) in [5, 5.41) is 0. The fraction of sp³-hybridized carbons (Fsp3) is 0.667. The molecule has 0 spiro atoms. The number of carbonyl (C=O) groups excluding carboxylic acids is 1. The zero-order valence-corrected chi connectivity index (χ0v) is 9.48. The van der Waals surface area contributed by atoms with E-state index in [1.54, 1.807) is 0 Å². The van der Waals surface area contributed by atoms with Gasteiger partial charge in [-0.25, -0.2) is 13.9 Å². The van der Waals surface area contributed by atoms with E-state index in [1.165, 1.54) is 0 Å². The topological polar surface area (TPSA) is 35.1 Å². The van der Waals surface area contributed by atoms with Gasteiger partial charge in [0.2, 0.25) is 6.33 Å². The molecule has 0 atom stereocenters. The van der Waals surface area contributed by atoms with E-state index in [1.807, 2.05) is 34.9 Å². The van der Waals surface area contributed by atoms with Crippen molar-refractivity contribution in [2.45, 2.75) is 40.2 Å². The van der Waals surface area contributed by atoms with E-state index in [4.69, 9.17) is 4.74 Å². The first kappa shape index (κ1) is 14.7. The first-order valence-electron chi connectivity index (χ1n) is 5.39. The van der Waals surface area contributed by atoms with E-state index in [-0.39, 0.29) is 13.4 Å². The van der Waals surface area contributed by atoms with Gasteiger partial charge >= 0.3 is 5.97 Å². The molecule has 0 aromatic carbocycles. The van der Waals surface area contributed by atoms with Gasteiger partial charge in [-0.1, -0.05) is 27.2 Å². The van der Waals surface area contributed by atoms with E-state index in [0.29, 0.717) is 13.2 Å². The van der Waals surface area contributed by atoms with Crippen LogP contribution in [0.5, 0.6) is 0 Å². The normalized spacial score (nSPS) is 9.62. The zero-order chi connectivity index (χ0) is 11.1. The molecular formula is C12H23N2O2+. The van der Waals surface area contributed by atoms with Gasteiger partial charge in [-0.3, -0.25) is 0 Å². The summed E-state index contributed by atoms with van der Waals surface area (Å²) in [6.45, 7) is 2.97. The van der Waals surface area contributed by atoms with Crippen LogP contribution in [0.2, 0.25) is 0 Å². The maximum absolute atomic E-state index is 11.3. The number of ether oxygens (including phenoxy) is 1. The van der Waals surface area contributed by atoms with Crippen LogP contribution in [0.15, 0.2) is 18.7 Å². The number of aryl methyl sites for hydroxylation is 1. The van der Waals surface area contributed by atoms with Gasteiger partial charge in [0.15, 0.2) is 6.54 Å². The van der Waals surface area contributed by atoms with E-state index in [2.05, 4.69) is 6.92 Å². The maximum Gasteiger partial charge on any atom is 0.348 e. The summed E-state index contributed by atoms with van der Waals surface area (Å²) in [4.78, 5) is 11.3. The van der Waals surface area contributed by atoms with Gasteiger partial charge in [0.05, 0.1) is 13.7 Å². The number of unbranched alkanes of at least 4 members (excludes halogenated alkanes) is 2. The third kappa shape index (κ3) is 5.53. The zero-order valence-electron chi connectivity index (χ0n) is 9.48. The summed E-state index contributed by atoms with van der Waals surface area (Å²) < 4.78 is 8.79. The van der Waals surface area contributed by atoms with Crippen molar-refractivity contribution in [1.29, 1.82) is 0 Å². The van der Waals surface area contributed by atoms with Crippen molar-refractivity contribution in [2.24, 2.45) is 7.05 Å². The number of hydrogen-bond acceptors (Lipinski definition) is 2. The standard InChI is InChI=1S/C11H19N2O2.CH4/c1-3-4-5-8-15-11(14)9-13-7-6-12(2)10-13;/h6-7,10H,3-5,8-9H2,1-2H3;1H4/q+1;. The smallest absolute Gasteiger partial charge is 0.348 e. The van der Waals surface area contributed by atoms with Crippen LogP contribution in [0, 0.1) is 0 Å². The van der Waals surface area contributed by atoms with Crippen LogP contribution < -0.4 is 4.57 Å². The summed E-state index contributed by atoms with van der Waals surface area (Å²) in [6, 6.07) is 0. The van der Waals surface area contributed by atoms with E-state index >= 15 is 0 Å². The lowest BCUT2D eigenvalue weighted by molar-refractivity contribution is -0.671. The highest BCUT2D eigenvalue weighted by Crippen LogP contribution is 1.95. The molecule has 0 saturated heterocycles. The number of carbonyl (C=O) groups is 1. The van der Waals surface area contributed by atoms with Crippen LogP contribution in [0.3, 0.4) is 0 Å². The molecule has 0 radical (unpaired) electrons. The van der Waals surface area contributed by atoms with Gasteiger partial charge in [0, 0.05) is 0 Å². The number of rotatable bonds is 6. The van der Waals surface area contributed by atoms with Crippen LogP contribution in [0.1, 0.15) is 33.6 Å². The van der Waals surface area contributed by atoms with E-state index < -0.39 is 0 Å². The Labute approximate surface area is 97.8 Å². The number of imidazole rings is 1. The van der Waals surface area contributed by atoms with Gasteiger partial charge < -0.3 is 4.74 Å². The Morgan fingerprint density at radius 3 is 2.75 bits per heavy atom. The SMILES string of the molecule is C.CCCCCOC(=O)Cn1cc[n+](C)c1. The average molecular weight is 227 g/mol. The molecule has 0 unspecified atom stereocenters. The fourth-order valence-electron chi connectivity index (χ4n) is 1.33. The highest BCUT2D eigenvalue weighted by atomic mass is 16.5. The van der Waals surface area contributed by atoms with Crippen molar-refractivity contribution in [1.82, 2.24) is 4.57 Å². The Hall–Kier alpha value is -1.32. The molecule has 0 bridgehead atoms. The average Bonchev–Trinajstić information content (AvgIpc) is 2.59. The summed E-state index contributed by atoms with van der Waals surface area (Å²) in [7, 11) is 1.92. The monoisotopic (exact) mass is 227 g/mol. The molecule has 0 fully saturated rings. The molecule has 0 saturated carbocycles. The van der Waals surface area contributed by atoms with Crippen molar-refractivity contribution in [3.05, 3.63) is 18.7 Å². The quantitative estimate of drug-likeness (QED) is 0.421. The fourth-order valence-corrected chi connectivity index (χ4v) is 1.33. The number of aromatic nitrogens is 2.